The molecule has 1 unspecified atom stereocenters. The Morgan fingerprint density at radius 1 is 1.55 bits per heavy atom. The zero-order valence-corrected chi connectivity index (χ0v) is 7.03. The van der Waals surface area contributed by atoms with Gasteiger partial charge in [-0.05, 0) is 6.92 Å². The largest absolute Gasteiger partial charge is 0.387 e. The van der Waals surface area contributed by atoms with Crippen molar-refractivity contribution in [2.24, 2.45) is 5.16 Å². The van der Waals surface area contributed by atoms with Crippen molar-refractivity contribution >= 4 is 5.71 Å². The maximum Gasteiger partial charge on any atom is 0.197 e. The average Bonchev–Trinajstić information content (AvgIpc) is 2.39. The molecule has 0 aromatic heterocycles. The lowest BCUT2D eigenvalue weighted by molar-refractivity contribution is -0.172. The standard InChI is InChI=1S/C7H13NO3/c1-5-4-6(11-8-5)7(9-2)10-3/h6-7H,4H2,1-3H3. The minimum absolute atomic E-state index is 0.0787. The van der Waals surface area contributed by atoms with Gasteiger partial charge in [-0.25, -0.2) is 0 Å². The number of hydrogen-bond donors (Lipinski definition) is 0. The van der Waals surface area contributed by atoms with E-state index < -0.39 is 0 Å². The van der Waals surface area contributed by atoms with Gasteiger partial charge in [-0.1, -0.05) is 5.16 Å². The van der Waals surface area contributed by atoms with Crippen LogP contribution < -0.4 is 0 Å². The zero-order chi connectivity index (χ0) is 8.27. The van der Waals surface area contributed by atoms with E-state index in [0.29, 0.717) is 0 Å². The normalized spacial score (nSPS) is 23.6. The Bertz CT molecular complexity index is 154. The van der Waals surface area contributed by atoms with Gasteiger partial charge in [0.15, 0.2) is 12.4 Å². The first-order valence-corrected chi connectivity index (χ1v) is 3.52. The molecule has 0 aliphatic carbocycles. The van der Waals surface area contributed by atoms with E-state index in [1.54, 1.807) is 14.2 Å². The number of ether oxygens (including phenoxy) is 2. The van der Waals surface area contributed by atoms with Crippen molar-refractivity contribution in [3.05, 3.63) is 0 Å². The Morgan fingerprint density at radius 3 is 2.55 bits per heavy atom. The third kappa shape index (κ3) is 1.91. The first kappa shape index (κ1) is 8.49. The van der Waals surface area contributed by atoms with Gasteiger partial charge in [0, 0.05) is 20.6 Å². The highest BCUT2D eigenvalue weighted by atomic mass is 16.7. The highest BCUT2D eigenvalue weighted by molar-refractivity contribution is 5.82. The summed E-state index contributed by atoms with van der Waals surface area (Å²) in [5, 5.41) is 3.79. The van der Waals surface area contributed by atoms with Crippen molar-refractivity contribution in [1.29, 1.82) is 0 Å². The minimum Gasteiger partial charge on any atom is -0.387 e. The molecule has 0 fully saturated rings. The Kier molecular flexibility index (Phi) is 2.84. The summed E-state index contributed by atoms with van der Waals surface area (Å²) in [5.41, 5.74) is 0.981. The Labute approximate surface area is 66.1 Å². The molecule has 0 aromatic rings. The second-order valence-electron chi connectivity index (χ2n) is 2.51. The molecule has 1 aliphatic heterocycles. The molecule has 0 N–H and O–H groups in total. The molecule has 1 aliphatic rings. The quantitative estimate of drug-likeness (QED) is 0.571. The summed E-state index contributed by atoms with van der Waals surface area (Å²) in [4.78, 5) is 5.05. The molecule has 0 radical (unpaired) electrons. The third-order valence-corrected chi connectivity index (χ3v) is 1.61. The molecule has 4 nitrogen and oxygen atoms in total. The van der Waals surface area contributed by atoms with Crippen LogP contribution in [0.2, 0.25) is 0 Å². The second-order valence-corrected chi connectivity index (χ2v) is 2.51. The van der Waals surface area contributed by atoms with Crippen LogP contribution in [0.15, 0.2) is 5.16 Å². The summed E-state index contributed by atoms with van der Waals surface area (Å²) in [6.07, 6.45) is 0.396. The minimum atomic E-state index is -0.309. The van der Waals surface area contributed by atoms with Crippen molar-refractivity contribution < 1.29 is 14.3 Å². The molecule has 64 valence electrons. The highest BCUT2D eigenvalue weighted by Gasteiger charge is 2.27. The first-order valence-electron chi connectivity index (χ1n) is 3.52. The SMILES string of the molecule is COC(OC)C1CC(C)=NO1. The molecule has 11 heavy (non-hydrogen) atoms. The van der Waals surface area contributed by atoms with E-state index in [-0.39, 0.29) is 12.4 Å². The molecule has 1 heterocycles. The zero-order valence-electron chi connectivity index (χ0n) is 7.03. The lowest BCUT2D eigenvalue weighted by atomic mass is 10.2. The maximum atomic E-state index is 5.05. The van der Waals surface area contributed by atoms with E-state index in [0.717, 1.165) is 12.1 Å². The molecule has 0 saturated carbocycles. The average molecular weight is 159 g/mol. The summed E-state index contributed by atoms with van der Waals surface area (Å²) in [7, 11) is 3.18. The van der Waals surface area contributed by atoms with Gasteiger partial charge < -0.3 is 14.3 Å². The van der Waals surface area contributed by atoms with Gasteiger partial charge in [0.25, 0.3) is 0 Å². The molecule has 0 amide bonds. The number of oxime groups is 1. The van der Waals surface area contributed by atoms with Gasteiger partial charge >= 0.3 is 0 Å². The van der Waals surface area contributed by atoms with Crippen LogP contribution in [0.5, 0.6) is 0 Å². The summed E-state index contributed by atoms with van der Waals surface area (Å²) < 4.78 is 10.0. The third-order valence-electron chi connectivity index (χ3n) is 1.61. The van der Waals surface area contributed by atoms with Gasteiger partial charge in [0.2, 0.25) is 0 Å². The van der Waals surface area contributed by atoms with Crippen LogP contribution in [0, 0.1) is 0 Å². The van der Waals surface area contributed by atoms with Gasteiger partial charge in [-0.2, -0.15) is 0 Å². The Balaban J connectivity index is 2.38. The van der Waals surface area contributed by atoms with Crippen LogP contribution in [0.4, 0.5) is 0 Å². The molecule has 0 saturated heterocycles. The van der Waals surface area contributed by atoms with E-state index in [2.05, 4.69) is 5.16 Å². The molecular weight excluding hydrogens is 146 g/mol. The van der Waals surface area contributed by atoms with E-state index in [9.17, 15) is 0 Å². The second kappa shape index (κ2) is 3.69. The molecule has 1 atom stereocenters. The Morgan fingerprint density at radius 2 is 2.18 bits per heavy atom. The predicted molar refractivity (Wildman–Crippen MR) is 40.4 cm³/mol. The lowest BCUT2D eigenvalue weighted by Gasteiger charge is -2.17. The molecule has 1 rings (SSSR count). The molecule has 0 aromatic carbocycles. The van der Waals surface area contributed by atoms with E-state index in [1.165, 1.54) is 0 Å². The van der Waals surface area contributed by atoms with Gasteiger partial charge in [0.05, 0.1) is 5.71 Å². The van der Waals surface area contributed by atoms with E-state index in [1.807, 2.05) is 6.92 Å². The van der Waals surface area contributed by atoms with E-state index >= 15 is 0 Å². The smallest absolute Gasteiger partial charge is 0.197 e. The summed E-state index contributed by atoms with van der Waals surface area (Å²) in [5.74, 6) is 0. The molecule has 0 bridgehead atoms. The van der Waals surface area contributed by atoms with Gasteiger partial charge in [-0.3, -0.25) is 0 Å². The van der Waals surface area contributed by atoms with Crippen LogP contribution in [0.25, 0.3) is 0 Å². The fourth-order valence-electron chi connectivity index (χ4n) is 1.07. The van der Waals surface area contributed by atoms with Crippen LogP contribution in [-0.4, -0.2) is 32.3 Å². The van der Waals surface area contributed by atoms with Gasteiger partial charge in [0.1, 0.15) is 0 Å². The van der Waals surface area contributed by atoms with E-state index in [4.69, 9.17) is 14.3 Å². The first-order chi connectivity index (χ1) is 5.27. The van der Waals surface area contributed by atoms with Gasteiger partial charge in [-0.15, -0.1) is 0 Å². The van der Waals surface area contributed by atoms with Crippen molar-refractivity contribution in [2.75, 3.05) is 14.2 Å². The van der Waals surface area contributed by atoms with Crippen molar-refractivity contribution in [3.8, 4) is 0 Å². The van der Waals surface area contributed by atoms with Crippen molar-refractivity contribution in [2.45, 2.75) is 25.7 Å². The summed E-state index contributed by atoms with van der Waals surface area (Å²) in [6, 6.07) is 0. The fraction of sp³-hybridized carbons (Fsp3) is 0.857. The van der Waals surface area contributed by atoms with Crippen LogP contribution >= 0.6 is 0 Å². The Hall–Kier alpha value is -0.610. The molecular formula is C7H13NO3. The predicted octanol–water partition coefficient (Wildman–Crippen LogP) is 0.770. The number of rotatable bonds is 3. The summed E-state index contributed by atoms with van der Waals surface area (Å²) >= 11 is 0. The maximum absolute atomic E-state index is 5.05. The molecule has 0 spiro atoms. The van der Waals surface area contributed by atoms with Crippen molar-refractivity contribution in [3.63, 3.8) is 0 Å². The lowest BCUT2D eigenvalue weighted by Crippen LogP contribution is -2.29. The molecule has 4 heteroatoms. The highest BCUT2D eigenvalue weighted by Crippen LogP contribution is 2.15. The van der Waals surface area contributed by atoms with Crippen LogP contribution in [0.3, 0.4) is 0 Å². The fourth-order valence-corrected chi connectivity index (χ4v) is 1.07. The summed E-state index contributed by atoms with van der Waals surface area (Å²) in [6.45, 7) is 1.92. The topological polar surface area (TPSA) is 40.0 Å². The number of methoxy groups -OCH3 is 2. The van der Waals surface area contributed by atoms with Crippen molar-refractivity contribution in [1.82, 2.24) is 0 Å². The number of nitrogens with zero attached hydrogens (tertiary/aromatic N) is 1. The van der Waals surface area contributed by atoms with Crippen LogP contribution in [0.1, 0.15) is 13.3 Å². The number of hydrogen-bond acceptors (Lipinski definition) is 4. The monoisotopic (exact) mass is 159 g/mol. The van der Waals surface area contributed by atoms with Crippen LogP contribution in [-0.2, 0) is 14.3 Å².